The molecule has 150 valence electrons. The van der Waals surface area contributed by atoms with Crippen molar-refractivity contribution in [1.82, 2.24) is 14.9 Å². The number of nitrogens with one attached hydrogen (secondary N) is 1. The van der Waals surface area contributed by atoms with Gasteiger partial charge in [-0.3, -0.25) is 9.69 Å². The van der Waals surface area contributed by atoms with Crippen LogP contribution in [0.25, 0.3) is 0 Å². The number of hydrogen-bond donors (Lipinski definition) is 1. The molecule has 2 aromatic rings. The summed E-state index contributed by atoms with van der Waals surface area (Å²) in [7, 11) is 3.32. The summed E-state index contributed by atoms with van der Waals surface area (Å²) in [5.41, 5.74) is 2.96. The fourth-order valence-electron chi connectivity index (χ4n) is 4.42. The Morgan fingerprint density at radius 1 is 1.11 bits per heavy atom. The van der Waals surface area contributed by atoms with E-state index in [4.69, 9.17) is 14.5 Å². The van der Waals surface area contributed by atoms with Gasteiger partial charge in [0.2, 0.25) is 0 Å². The molecule has 1 aromatic carbocycles. The van der Waals surface area contributed by atoms with Crippen molar-refractivity contribution in [3.63, 3.8) is 0 Å². The summed E-state index contributed by atoms with van der Waals surface area (Å²) in [5.74, 6) is 2.90. The Morgan fingerprint density at radius 3 is 2.50 bits per heavy atom. The number of nitrogens with zero attached hydrogens (tertiary/aromatic N) is 2. The molecule has 2 heterocycles. The van der Waals surface area contributed by atoms with Crippen molar-refractivity contribution in [3.05, 3.63) is 51.2 Å². The van der Waals surface area contributed by atoms with E-state index in [1.165, 1.54) is 19.3 Å². The van der Waals surface area contributed by atoms with Crippen LogP contribution >= 0.6 is 0 Å². The fourth-order valence-corrected chi connectivity index (χ4v) is 4.42. The molecule has 0 atom stereocenters. The number of hydrogen-bond acceptors (Lipinski definition) is 5. The quantitative estimate of drug-likeness (QED) is 0.857. The van der Waals surface area contributed by atoms with E-state index in [9.17, 15) is 4.79 Å². The molecule has 1 saturated carbocycles. The fraction of sp³-hybridized carbons (Fsp3) is 0.545. The molecule has 1 fully saturated rings. The Morgan fingerprint density at radius 2 is 1.82 bits per heavy atom. The van der Waals surface area contributed by atoms with Gasteiger partial charge in [0, 0.05) is 38.0 Å². The lowest BCUT2D eigenvalue weighted by molar-refractivity contribution is 0.240. The van der Waals surface area contributed by atoms with Gasteiger partial charge in [0.25, 0.3) is 5.56 Å². The van der Waals surface area contributed by atoms with E-state index in [1.54, 1.807) is 14.2 Å². The Labute approximate surface area is 165 Å². The lowest BCUT2D eigenvalue weighted by atomic mass is 9.88. The molecule has 1 N–H and O–H groups in total. The molecule has 0 saturated heterocycles. The molecule has 0 amide bonds. The standard InChI is InChI=1S/C22H29N3O3/c1-27-17-10-15(11-18(12-17)28-2)13-25-9-8-20-19(14-25)22(26)24-21(23-20)16-6-4-3-5-7-16/h10-12,16H,3-9,13-14H2,1-2H3,(H,23,24,26). The van der Waals surface area contributed by atoms with E-state index < -0.39 is 0 Å². The maximum absolute atomic E-state index is 12.8. The van der Waals surface area contributed by atoms with Crippen molar-refractivity contribution < 1.29 is 9.47 Å². The molecule has 4 rings (SSSR count). The summed E-state index contributed by atoms with van der Waals surface area (Å²) in [5, 5.41) is 0. The van der Waals surface area contributed by atoms with Crippen LogP contribution in [0, 0.1) is 0 Å². The second-order valence-corrected chi connectivity index (χ2v) is 7.89. The van der Waals surface area contributed by atoms with Gasteiger partial charge in [-0.2, -0.15) is 0 Å². The smallest absolute Gasteiger partial charge is 0.255 e. The largest absolute Gasteiger partial charge is 0.497 e. The van der Waals surface area contributed by atoms with E-state index >= 15 is 0 Å². The maximum Gasteiger partial charge on any atom is 0.255 e. The van der Waals surface area contributed by atoms with Gasteiger partial charge in [0.15, 0.2) is 0 Å². The predicted octanol–water partition coefficient (Wildman–Crippen LogP) is 3.39. The minimum absolute atomic E-state index is 0.0403. The van der Waals surface area contributed by atoms with Crippen molar-refractivity contribution in [2.24, 2.45) is 0 Å². The van der Waals surface area contributed by atoms with Gasteiger partial charge >= 0.3 is 0 Å². The molecule has 0 bridgehead atoms. The highest BCUT2D eigenvalue weighted by Crippen LogP contribution is 2.31. The first-order valence-electron chi connectivity index (χ1n) is 10.2. The van der Waals surface area contributed by atoms with Crippen molar-refractivity contribution >= 4 is 0 Å². The van der Waals surface area contributed by atoms with E-state index in [1.807, 2.05) is 18.2 Å². The van der Waals surface area contributed by atoms with Crippen LogP contribution in [0.2, 0.25) is 0 Å². The minimum Gasteiger partial charge on any atom is -0.497 e. The lowest BCUT2D eigenvalue weighted by Gasteiger charge is -2.29. The number of ether oxygens (including phenoxy) is 2. The van der Waals surface area contributed by atoms with Gasteiger partial charge < -0.3 is 14.5 Å². The van der Waals surface area contributed by atoms with Crippen LogP contribution in [0.1, 0.15) is 60.7 Å². The van der Waals surface area contributed by atoms with Crippen molar-refractivity contribution in [1.29, 1.82) is 0 Å². The molecule has 2 aliphatic rings. The van der Waals surface area contributed by atoms with Gasteiger partial charge in [-0.1, -0.05) is 19.3 Å². The zero-order valence-electron chi connectivity index (χ0n) is 16.8. The van der Waals surface area contributed by atoms with E-state index in [2.05, 4.69) is 9.88 Å². The number of rotatable bonds is 5. The molecule has 1 aliphatic heterocycles. The summed E-state index contributed by atoms with van der Waals surface area (Å²) in [6.07, 6.45) is 6.89. The third-order valence-electron chi connectivity index (χ3n) is 5.98. The Hall–Kier alpha value is -2.34. The predicted molar refractivity (Wildman–Crippen MR) is 108 cm³/mol. The molecule has 0 radical (unpaired) electrons. The number of fused-ring (bicyclic) bond motifs is 1. The van der Waals surface area contributed by atoms with Gasteiger partial charge in [-0.05, 0) is 30.5 Å². The zero-order chi connectivity index (χ0) is 19.5. The van der Waals surface area contributed by atoms with Crippen LogP contribution < -0.4 is 15.0 Å². The molecule has 6 nitrogen and oxygen atoms in total. The van der Waals surface area contributed by atoms with Crippen molar-refractivity contribution in [2.75, 3.05) is 20.8 Å². The van der Waals surface area contributed by atoms with Gasteiger partial charge in [0.1, 0.15) is 17.3 Å². The first-order chi connectivity index (χ1) is 13.7. The van der Waals surface area contributed by atoms with Gasteiger partial charge in [0.05, 0.1) is 25.5 Å². The molecule has 28 heavy (non-hydrogen) atoms. The van der Waals surface area contributed by atoms with Crippen LogP contribution in [-0.2, 0) is 19.5 Å². The molecular formula is C22H29N3O3. The summed E-state index contributed by atoms with van der Waals surface area (Å²) >= 11 is 0. The number of H-pyrrole nitrogens is 1. The Balaban J connectivity index is 1.51. The number of benzene rings is 1. The maximum atomic E-state index is 12.8. The molecule has 1 aliphatic carbocycles. The van der Waals surface area contributed by atoms with Crippen LogP contribution in [0.4, 0.5) is 0 Å². The molecular weight excluding hydrogens is 354 g/mol. The summed E-state index contributed by atoms with van der Waals surface area (Å²) in [4.78, 5) is 23.0. The van der Waals surface area contributed by atoms with Crippen LogP contribution in [-0.4, -0.2) is 35.6 Å². The highest BCUT2D eigenvalue weighted by Gasteiger charge is 2.24. The normalized spacial score (nSPS) is 17.9. The molecule has 6 heteroatoms. The molecule has 0 spiro atoms. The monoisotopic (exact) mass is 383 g/mol. The average molecular weight is 383 g/mol. The molecule has 1 aromatic heterocycles. The minimum atomic E-state index is 0.0403. The van der Waals surface area contributed by atoms with Crippen LogP contribution in [0.5, 0.6) is 11.5 Å². The number of aromatic nitrogens is 2. The highest BCUT2D eigenvalue weighted by atomic mass is 16.5. The SMILES string of the molecule is COc1cc(CN2CCc3nc(C4CCCCC4)[nH]c(=O)c3C2)cc(OC)c1. The number of methoxy groups -OCH3 is 2. The third-order valence-corrected chi connectivity index (χ3v) is 5.98. The van der Waals surface area contributed by atoms with Gasteiger partial charge in [-0.25, -0.2) is 4.98 Å². The second kappa shape index (κ2) is 8.35. The topological polar surface area (TPSA) is 67.5 Å². The first-order valence-corrected chi connectivity index (χ1v) is 10.2. The Kier molecular flexibility index (Phi) is 5.67. The summed E-state index contributed by atoms with van der Waals surface area (Å²) in [6.45, 7) is 2.27. The second-order valence-electron chi connectivity index (χ2n) is 7.89. The van der Waals surface area contributed by atoms with Crippen molar-refractivity contribution in [3.8, 4) is 11.5 Å². The summed E-state index contributed by atoms with van der Waals surface area (Å²) < 4.78 is 10.7. The van der Waals surface area contributed by atoms with Crippen molar-refractivity contribution in [2.45, 2.75) is 57.5 Å². The highest BCUT2D eigenvalue weighted by molar-refractivity contribution is 5.38. The lowest BCUT2D eigenvalue weighted by Crippen LogP contribution is -2.36. The zero-order valence-corrected chi connectivity index (χ0v) is 16.8. The van der Waals surface area contributed by atoms with E-state index in [0.29, 0.717) is 12.5 Å². The number of aromatic amines is 1. The molecule has 0 unspecified atom stereocenters. The first kappa shape index (κ1) is 19.0. The van der Waals surface area contributed by atoms with E-state index in [0.717, 1.165) is 66.5 Å². The van der Waals surface area contributed by atoms with Gasteiger partial charge in [-0.15, -0.1) is 0 Å². The van der Waals surface area contributed by atoms with Crippen LogP contribution in [0.15, 0.2) is 23.0 Å². The Bertz CT molecular complexity index is 865. The van der Waals surface area contributed by atoms with Crippen LogP contribution in [0.3, 0.4) is 0 Å². The average Bonchev–Trinajstić information content (AvgIpc) is 2.74. The summed E-state index contributed by atoms with van der Waals surface area (Å²) in [6, 6.07) is 5.91. The van der Waals surface area contributed by atoms with E-state index in [-0.39, 0.29) is 5.56 Å². The third kappa shape index (κ3) is 4.07.